The minimum atomic E-state index is -4.12. The van der Waals surface area contributed by atoms with Gasteiger partial charge in [0.2, 0.25) is 10.0 Å². The molecule has 0 spiro atoms. The van der Waals surface area contributed by atoms with E-state index in [0.717, 1.165) is 12.8 Å². The Bertz CT molecular complexity index is 731. The van der Waals surface area contributed by atoms with Crippen molar-refractivity contribution in [3.8, 4) is 0 Å². The van der Waals surface area contributed by atoms with Gasteiger partial charge in [0.1, 0.15) is 0 Å². The van der Waals surface area contributed by atoms with Crippen molar-refractivity contribution in [1.29, 1.82) is 0 Å². The molecule has 1 rings (SSSR count). The Labute approximate surface area is 189 Å². The van der Waals surface area contributed by atoms with Crippen molar-refractivity contribution in [1.82, 2.24) is 0 Å². The van der Waals surface area contributed by atoms with E-state index < -0.39 is 17.6 Å². The Hall–Kier alpha value is -0.880. The third kappa shape index (κ3) is 16.4. The van der Waals surface area contributed by atoms with Gasteiger partial charge < -0.3 is 9.79 Å². The number of sulfonamides is 1. The van der Waals surface area contributed by atoms with E-state index in [2.05, 4.69) is 11.6 Å². The standard InChI is InChI=1S/C23H42NO5PS/c1-2-3-4-5-6-7-8-9-10-11-12-13-14-15-20-31(28,29)24-23-18-16-22(17-19-23)21-30(25,26)27/h16-19,24H,2-15,20-21H2,1H3,(H2,25,26,27). The molecule has 0 aromatic heterocycles. The number of anilines is 1. The molecule has 0 saturated carbocycles. The van der Waals surface area contributed by atoms with E-state index >= 15 is 0 Å². The highest BCUT2D eigenvalue weighted by molar-refractivity contribution is 7.92. The largest absolute Gasteiger partial charge is 0.329 e. The summed E-state index contributed by atoms with van der Waals surface area (Å²) in [6, 6.07) is 6.13. The lowest BCUT2D eigenvalue weighted by atomic mass is 10.0. The normalized spacial score (nSPS) is 12.2. The number of unbranched alkanes of at least 4 members (excludes halogenated alkanes) is 13. The predicted molar refractivity (Wildman–Crippen MR) is 130 cm³/mol. The number of benzene rings is 1. The van der Waals surface area contributed by atoms with Gasteiger partial charge in [-0.05, 0) is 24.1 Å². The molecule has 0 unspecified atom stereocenters. The molecule has 0 heterocycles. The Balaban J connectivity index is 2.05. The summed E-state index contributed by atoms with van der Waals surface area (Å²) in [5.41, 5.74) is 0.892. The lowest BCUT2D eigenvalue weighted by Gasteiger charge is -2.09. The molecular weight excluding hydrogens is 433 g/mol. The number of hydrogen-bond acceptors (Lipinski definition) is 3. The number of nitrogens with one attached hydrogen (secondary N) is 1. The molecule has 0 aliphatic heterocycles. The van der Waals surface area contributed by atoms with Crippen LogP contribution in [-0.4, -0.2) is 24.0 Å². The fourth-order valence-electron chi connectivity index (χ4n) is 3.63. The molecule has 8 heteroatoms. The van der Waals surface area contributed by atoms with Crippen LogP contribution in [0, 0.1) is 0 Å². The lowest BCUT2D eigenvalue weighted by Crippen LogP contribution is -2.16. The van der Waals surface area contributed by atoms with Crippen LogP contribution in [0.25, 0.3) is 0 Å². The Morgan fingerprint density at radius 2 is 1.16 bits per heavy atom. The molecule has 180 valence electrons. The maximum absolute atomic E-state index is 12.2. The fourth-order valence-corrected chi connectivity index (χ4v) is 5.50. The highest BCUT2D eigenvalue weighted by Crippen LogP contribution is 2.39. The predicted octanol–water partition coefficient (Wildman–Crippen LogP) is 6.59. The first-order chi connectivity index (χ1) is 14.7. The minimum absolute atomic E-state index is 0.0925. The molecule has 1 aromatic carbocycles. The van der Waals surface area contributed by atoms with Crippen molar-refractivity contribution in [2.75, 3.05) is 10.5 Å². The summed E-state index contributed by atoms with van der Waals surface area (Å²) in [4.78, 5) is 18.0. The molecule has 0 saturated heterocycles. The summed E-state index contributed by atoms with van der Waals surface area (Å²) in [5, 5.41) is 0. The van der Waals surface area contributed by atoms with Crippen LogP contribution in [0.1, 0.15) is 102 Å². The molecule has 0 aliphatic carbocycles. The molecule has 1 aromatic rings. The van der Waals surface area contributed by atoms with Gasteiger partial charge in [-0.3, -0.25) is 9.29 Å². The summed E-state index contributed by atoms with van der Waals surface area (Å²) in [5.74, 6) is 0.0925. The molecule has 0 fully saturated rings. The van der Waals surface area contributed by atoms with Crippen LogP contribution < -0.4 is 4.72 Å². The third-order valence-electron chi connectivity index (χ3n) is 5.38. The Morgan fingerprint density at radius 3 is 1.58 bits per heavy atom. The van der Waals surface area contributed by atoms with Crippen molar-refractivity contribution in [3.63, 3.8) is 0 Å². The van der Waals surface area contributed by atoms with E-state index in [0.29, 0.717) is 17.7 Å². The molecule has 3 N–H and O–H groups in total. The van der Waals surface area contributed by atoms with Gasteiger partial charge in [0.25, 0.3) is 0 Å². The number of rotatable bonds is 19. The number of hydrogen-bond donors (Lipinski definition) is 3. The van der Waals surface area contributed by atoms with Crippen LogP contribution in [0.4, 0.5) is 5.69 Å². The van der Waals surface area contributed by atoms with E-state index in [9.17, 15) is 13.0 Å². The van der Waals surface area contributed by atoms with Crippen molar-refractivity contribution in [2.45, 2.75) is 103 Å². The van der Waals surface area contributed by atoms with Crippen LogP contribution in [0.2, 0.25) is 0 Å². The van der Waals surface area contributed by atoms with E-state index in [1.807, 2.05) is 0 Å². The third-order valence-corrected chi connectivity index (χ3v) is 7.53. The lowest BCUT2D eigenvalue weighted by molar-refractivity contribution is 0.371. The van der Waals surface area contributed by atoms with E-state index in [-0.39, 0.29) is 11.9 Å². The maximum atomic E-state index is 12.2. The van der Waals surface area contributed by atoms with Crippen LogP contribution in [0.5, 0.6) is 0 Å². The van der Waals surface area contributed by atoms with Crippen molar-refractivity contribution in [2.24, 2.45) is 0 Å². The van der Waals surface area contributed by atoms with Gasteiger partial charge in [-0.1, -0.05) is 103 Å². The minimum Gasteiger partial charge on any atom is -0.324 e. The smallest absolute Gasteiger partial charge is 0.324 e. The van der Waals surface area contributed by atoms with E-state index in [4.69, 9.17) is 9.79 Å². The zero-order chi connectivity index (χ0) is 23.0. The summed E-state index contributed by atoms with van der Waals surface area (Å²) >= 11 is 0. The highest BCUT2D eigenvalue weighted by atomic mass is 32.2. The SMILES string of the molecule is CCCCCCCCCCCCCCCCS(=O)(=O)Nc1ccc(CP(=O)(O)O)cc1. The quantitative estimate of drug-likeness (QED) is 0.155. The summed E-state index contributed by atoms with van der Waals surface area (Å²) in [6.45, 7) is 2.25. The first kappa shape index (κ1) is 28.2. The maximum Gasteiger partial charge on any atom is 0.329 e. The first-order valence-electron chi connectivity index (χ1n) is 11.9. The molecule has 31 heavy (non-hydrogen) atoms. The molecule has 0 bridgehead atoms. The first-order valence-corrected chi connectivity index (χ1v) is 15.3. The summed E-state index contributed by atoms with van der Waals surface area (Å²) < 4.78 is 37.9. The molecular formula is C23H42NO5PS. The van der Waals surface area contributed by atoms with Gasteiger partial charge in [-0.15, -0.1) is 0 Å². The molecule has 0 radical (unpaired) electrons. The van der Waals surface area contributed by atoms with Gasteiger partial charge in [-0.25, -0.2) is 8.42 Å². The van der Waals surface area contributed by atoms with Crippen molar-refractivity contribution in [3.05, 3.63) is 29.8 Å². The Morgan fingerprint density at radius 1 is 0.742 bits per heavy atom. The highest BCUT2D eigenvalue weighted by Gasteiger charge is 2.14. The molecule has 6 nitrogen and oxygen atoms in total. The Kier molecular flexibility index (Phi) is 14.4. The van der Waals surface area contributed by atoms with Crippen LogP contribution in [-0.2, 0) is 20.8 Å². The van der Waals surface area contributed by atoms with Gasteiger partial charge in [0.15, 0.2) is 0 Å². The second-order valence-electron chi connectivity index (χ2n) is 8.54. The van der Waals surface area contributed by atoms with Gasteiger partial charge in [0, 0.05) is 5.69 Å². The second kappa shape index (κ2) is 15.8. The fraction of sp³-hybridized carbons (Fsp3) is 0.739. The topological polar surface area (TPSA) is 104 Å². The van der Waals surface area contributed by atoms with E-state index in [1.165, 1.54) is 94.9 Å². The van der Waals surface area contributed by atoms with Gasteiger partial charge in [-0.2, -0.15) is 0 Å². The summed E-state index contributed by atoms with van der Waals surface area (Å²) in [6.07, 6.45) is 16.8. The van der Waals surface area contributed by atoms with Crippen molar-refractivity contribution >= 4 is 23.3 Å². The van der Waals surface area contributed by atoms with Crippen LogP contribution >= 0.6 is 7.60 Å². The van der Waals surface area contributed by atoms with Gasteiger partial charge >= 0.3 is 7.60 Å². The molecule has 0 amide bonds. The van der Waals surface area contributed by atoms with Crippen LogP contribution in [0.15, 0.2) is 24.3 Å². The average Bonchev–Trinajstić information content (AvgIpc) is 2.68. The summed E-state index contributed by atoms with van der Waals surface area (Å²) in [7, 11) is -7.52. The zero-order valence-electron chi connectivity index (χ0n) is 19.1. The molecule has 0 aliphatic rings. The monoisotopic (exact) mass is 475 g/mol. The second-order valence-corrected chi connectivity index (χ2v) is 12.0. The average molecular weight is 476 g/mol. The van der Waals surface area contributed by atoms with Gasteiger partial charge in [0.05, 0.1) is 11.9 Å². The zero-order valence-corrected chi connectivity index (χ0v) is 20.8. The molecule has 0 atom stereocenters. The van der Waals surface area contributed by atoms with Crippen LogP contribution in [0.3, 0.4) is 0 Å². The van der Waals surface area contributed by atoms with E-state index in [1.54, 1.807) is 0 Å². The van der Waals surface area contributed by atoms with Crippen molar-refractivity contribution < 1.29 is 22.8 Å².